The minimum Gasteiger partial charge on any atom is -0.487 e. The second-order valence-corrected chi connectivity index (χ2v) is 9.71. The van der Waals surface area contributed by atoms with Crippen LogP contribution in [0, 0.1) is 11.6 Å². The molecule has 4 aromatic rings. The van der Waals surface area contributed by atoms with E-state index in [1.165, 1.54) is 24.3 Å². The van der Waals surface area contributed by atoms with Gasteiger partial charge in [0.25, 0.3) is 11.1 Å². The summed E-state index contributed by atoms with van der Waals surface area (Å²) >= 11 is 0.768. The number of carbonyl (C=O) groups is 2. The lowest BCUT2D eigenvalue weighted by atomic mass is 10.1. The van der Waals surface area contributed by atoms with E-state index in [0.717, 1.165) is 11.8 Å². The molecule has 1 N–H and O–H groups in total. The summed E-state index contributed by atoms with van der Waals surface area (Å²) in [6, 6.07) is 17.1. The first-order chi connectivity index (χ1) is 18.7. The molecule has 1 saturated heterocycles. The predicted octanol–water partition coefficient (Wildman–Crippen LogP) is 5.66. The molecule has 0 unspecified atom stereocenters. The molecule has 0 aliphatic carbocycles. The molecule has 2 amide bonds. The molecule has 5 rings (SSSR count). The van der Waals surface area contributed by atoms with E-state index in [1.54, 1.807) is 44.3 Å². The highest BCUT2D eigenvalue weighted by Crippen LogP contribution is 2.33. The lowest BCUT2D eigenvalue weighted by molar-refractivity contribution is -0.115. The number of imide groups is 1. The summed E-state index contributed by atoms with van der Waals surface area (Å²) in [6.45, 7) is 1.50. The molecule has 0 saturated carbocycles. The van der Waals surface area contributed by atoms with Crippen molar-refractivity contribution < 1.29 is 27.8 Å². The van der Waals surface area contributed by atoms with Crippen molar-refractivity contribution in [2.45, 2.75) is 6.92 Å². The normalized spacial score (nSPS) is 14.5. The monoisotopic (exact) mass is 548 g/mol. The average molecular weight is 549 g/mol. The number of allylic oxidation sites excluding steroid dienone is 1. The fourth-order valence-corrected chi connectivity index (χ4v) is 5.11. The molecule has 1 fully saturated rings. The van der Waals surface area contributed by atoms with Gasteiger partial charge < -0.3 is 14.0 Å². The third-order valence-corrected chi connectivity index (χ3v) is 7.28. The van der Waals surface area contributed by atoms with Gasteiger partial charge in [-0.15, -0.1) is 0 Å². The van der Waals surface area contributed by atoms with Crippen LogP contribution >= 0.6 is 11.8 Å². The summed E-state index contributed by atoms with van der Waals surface area (Å²) in [5.41, 5.74) is 2.35. The highest BCUT2D eigenvalue weighted by molar-refractivity contribution is 8.18. The zero-order chi connectivity index (χ0) is 27.7. The number of aromatic nitrogens is 1. The first-order valence-electron chi connectivity index (χ1n) is 11.9. The van der Waals surface area contributed by atoms with E-state index in [4.69, 9.17) is 9.47 Å². The summed E-state index contributed by atoms with van der Waals surface area (Å²) in [6.07, 6.45) is 0. The number of benzene rings is 3. The van der Waals surface area contributed by atoms with Gasteiger partial charge in [-0.2, -0.15) is 0 Å². The maximum absolute atomic E-state index is 14.8. The molecular weight excluding hydrogens is 526 g/mol. The third kappa shape index (κ3) is 5.15. The van der Waals surface area contributed by atoms with Crippen LogP contribution in [0.15, 0.2) is 76.4 Å². The number of carbonyl (C=O) groups excluding carboxylic acids is 2. The topological polar surface area (TPSA) is 86.6 Å². The maximum atomic E-state index is 14.8. The first-order valence-corrected chi connectivity index (χ1v) is 12.7. The Balaban J connectivity index is 1.36. The molecule has 198 valence electrons. The lowest BCUT2D eigenvalue weighted by Gasteiger charge is -2.18. The number of thioether (sulfide) groups is 1. The average Bonchev–Trinajstić information content (AvgIpc) is 3.27. The molecule has 10 heteroatoms. The number of hydrogen-bond acceptors (Lipinski definition) is 6. The van der Waals surface area contributed by atoms with Crippen LogP contribution in [-0.4, -0.2) is 28.9 Å². The Morgan fingerprint density at radius 1 is 0.949 bits per heavy atom. The molecule has 7 nitrogen and oxygen atoms in total. The molecule has 39 heavy (non-hydrogen) atoms. The predicted molar refractivity (Wildman–Crippen MR) is 146 cm³/mol. The van der Waals surface area contributed by atoms with E-state index < -0.39 is 22.8 Å². The van der Waals surface area contributed by atoms with Crippen molar-refractivity contribution in [1.82, 2.24) is 9.88 Å². The van der Waals surface area contributed by atoms with Crippen LogP contribution in [0.2, 0.25) is 0 Å². The van der Waals surface area contributed by atoms with Gasteiger partial charge in [0.05, 0.1) is 16.1 Å². The number of amides is 2. The number of nitrogens with one attached hydrogen (secondary N) is 1. The molecule has 1 aliphatic heterocycles. The standard InChI is InChI=1S/C29H22F2N2O5S/c1-16(27-28(35)32-29(36)39-27)18-9-12-23(21(31)15-18)37-13-14-38-26-24(17-7-10-19(30)11-8-17)33(2)22-6-4-3-5-20(22)25(26)34/h3-12,15H,13-14H2,1-2H3,(H,32,35,36). The molecule has 1 aliphatic rings. The number of rotatable bonds is 7. The maximum Gasteiger partial charge on any atom is 0.290 e. The van der Waals surface area contributed by atoms with Crippen molar-refractivity contribution in [2.75, 3.05) is 13.2 Å². The number of ether oxygens (including phenoxy) is 2. The van der Waals surface area contributed by atoms with Crippen LogP contribution in [0.3, 0.4) is 0 Å². The van der Waals surface area contributed by atoms with Crippen LogP contribution in [0.25, 0.3) is 27.7 Å². The number of aryl methyl sites for hydroxylation is 1. The van der Waals surface area contributed by atoms with Gasteiger partial charge in [0.2, 0.25) is 5.43 Å². The summed E-state index contributed by atoms with van der Waals surface area (Å²) in [5, 5.41) is 2.17. The second-order valence-electron chi connectivity index (χ2n) is 8.73. The van der Waals surface area contributed by atoms with Crippen LogP contribution in [0.1, 0.15) is 12.5 Å². The highest BCUT2D eigenvalue weighted by Gasteiger charge is 2.28. The van der Waals surface area contributed by atoms with E-state index in [0.29, 0.717) is 33.3 Å². The molecule has 1 aromatic heterocycles. The SMILES string of the molecule is CC(=C1SC(=O)NC1=O)c1ccc(OCCOc2c(-c3ccc(F)cc3)n(C)c3ccccc3c2=O)c(F)c1. The molecule has 0 spiro atoms. The van der Waals surface area contributed by atoms with Crippen molar-refractivity contribution in [3.8, 4) is 22.8 Å². The van der Waals surface area contributed by atoms with Crippen molar-refractivity contribution in [1.29, 1.82) is 0 Å². The Kier molecular flexibility index (Phi) is 7.21. The molecule has 0 atom stereocenters. The van der Waals surface area contributed by atoms with Gasteiger partial charge in [-0.25, -0.2) is 8.78 Å². The van der Waals surface area contributed by atoms with Crippen LogP contribution < -0.4 is 20.2 Å². The Morgan fingerprint density at radius 2 is 1.67 bits per heavy atom. The number of fused-ring (bicyclic) bond motifs is 1. The van der Waals surface area contributed by atoms with Crippen LogP contribution in [0.5, 0.6) is 11.5 Å². The Hall–Kier alpha value is -4.44. The second kappa shape index (κ2) is 10.7. The van der Waals surface area contributed by atoms with Crippen molar-refractivity contribution in [2.24, 2.45) is 7.05 Å². The van der Waals surface area contributed by atoms with Gasteiger partial charge in [-0.05, 0) is 78.4 Å². The van der Waals surface area contributed by atoms with Crippen molar-refractivity contribution >= 4 is 39.4 Å². The van der Waals surface area contributed by atoms with Gasteiger partial charge in [0.15, 0.2) is 17.3 Å². The van der Waals surface area contributed by atoms with E-state index in [2.05, 4.69) is 5.32 Å². The first kappa shape index (κ1) is 26.2. The number of hydrogen-bond donors (Lipinski definition) is 1. The van der Waals surface area contributed by atoms with E-state index in [9.17, 15) is 23.2 Å². The van der Waals surface area contributed by atoms with Gasteiger partial charge in [0, 0.05) is 18.0 Å². The van der Waals surface area contributed by atoms with Crippen LogP contribution in [-0.2, 0) is 11.8 Å². The van der Waals surface area contributed by atoms with Gasteiger partial charge >= 0.3 is 0 Å². The molecular formula is C29H22F2N2O5S. The number of pyridine rings is 1. The lowest BCUT2D eigenvalue weighted by Crippen LogP contribution is -2.18. The minimum atomic E-state index is -0.657. The molecule has 0 radical (unpaired) electrons. The zero-order valence-corrected chi connectivity index (χ0v) is 21.7. The summed E-state index contributed by atoms with van der Waals surface area (Å²) < 4.78 is 41.6. The van der Waals surface area contributed by atoms with Gasteiger partial charge in [-0.1, -0.05) is 18.2 Å². The smallest absolute Gasteiger partial charge is 0.290 e. The Bertz CT molecular complexity index is 1710. The number of halogens is 2. The Labute approximate surface area is 226 Å². The van der Waals surface area contributed by atoms with E-state index in [1.807, 2.05) is 16.7 Å². The third-order valence-electron chi connectivity index (χ3n) is 6.29. The summed E-state index contributed by atoms with van der Waals surface area (Å²) in [5.74, 6) is -1.54. The fraction of sp³-hybridized carbons (Fsp3) is 0.138. The highest BCUT2D eigenvalue weighted by atomic mass is 32.2. The van der Waals surface area contributed by atoms with Gasteiger partial charge in [-0.3, -0.25) is 19.7 Å². The van der Waals surface area contributed by atoms with Crippen LogP contribution in [0.4, 0.5) is 13.6 Å². The number of nitrogens with zero attached hydrogens (tertiary/aromatic N) is 1. The fourth-order valence-electron chi connectivity index (χ4n) is 4.37. The van der Waals surface area contributed by atoms with Crippen molar-refractivity contribution in [3.05, 3.63) is 99.1 Å². The molecule has 2 heterocycles. The van der Waals surface area contributed by atoms with Crippen molar-refractivity contribution in [3.63, 3.8) is 0 Å². The van der Waals surface area contributed by atoms with E-state index >= 15 is 0 Å². The Morgan fingerprint density at radius 3 is 2.36 bits per heavy atom. The van der Waals surface area contributed by atoms with Gasteiger partial charge in [0.1, 0.15) is 19.0 Å². The van der Waals surface area contributed by atoms with E-state index in [-0.39, 0.29) is 35.0 Å². The molecule has 0 bridgehead atoms. The largest absolute Gasteiger partial charge is 0.487 e. The number of para-hydroxylation sites is 1. The summed E-state index contributed by atoms with van der Waals surface area (Å²) in [7, 11) is 1.79. The zero-order valence-electron chi connectivity index (χ0n) is 20.9. The summed E-state index contributed by atoms with van der Waals surface area (Å²) in [4.78, 5) is 36.9. The quantitative estimate of drug-likeness (QED) is 0.237. The molecule has 3 aromatic carbocycles. The minimum absolute atomic E-state index is 0.0371.